The maximum absolute atomic E-state index is 14.8. The van der Waals surface area contributed by atoms with Crippen molar-refractivity contribution in [3.8, 4) is 17.0 Å². The molecular formula is C25H29FN5O4P. The molecule has 1 aliphatic carbocycles. The molecule has 11 heteroatoms. The number of carbonyl (C=O) groups is 2. The van der Waals surface area contributed by atoms with Crippen molar-refractivity contribution in [2.24, 2.45) is 13.0 Å². The van der Waals surface area contributed by atoms with Gasteiger partial charge in [-0.25, -0.2) is 9.37 Å². The second-order valence-corrected chi connectivity index (χ2v) is 12.3. The lowest BCUT2D eigenvalue weighted by atomic mass is 10.1. The Morgan fingerprint density at radius 2 is 1.92 bits per heavy atom. The first-order valence-electron chi connectivity index (χ1n) is 11.6. The molecular weight excluding hydrogens is 484 g/mol. The molecule has 0 atom stereocenters. The molecule has 2 aromatic heterocycles. The van der Waals surface area contributed by atoms with Crippen LogP contribution in [0.4, 0.5) is 21.6 Å². The van der Waals surface area contributed by atoms with Crippen molar-refractivity contribution in [1.82, 2.24) is 14.8 Å². The van der Waals surface area contributed by atoms with Crippen LogP contribution in [0.1, 0.15) is 36.5 Å². The lowest BCUT2D eigenvalue weighted by Gasteiger charge is -2.17. The van der Waals surface area contributed by atoms with E-state index in [1.54, 1.807) is 39.4 Å². The number of ketones is 1. The number of carbonyl (C=O) groups excluding carboxylic acids is 2. The number of Topliss-reactive ketones (excluding diaryl/α,β-unsaturated/α-hetero) is 1. The Morgan fingerprint density at radius 3 is 2.50 bits per heavy atom. The summed E-state index contributed by atoms with van der Waals surface area (Å²) < 4.78 is 34.6. The van der Waals surface area contributed by atoms with E-state index >= 15 is 0 Å². The van der Waals surface area contributed by atoms with E-state index in [9.17, 15) is 18.5 Å². The molecule has 0 aliphatic heterocycles. The molecule has 3 aromatic rings. The second kappa shape index (κ2) is 9.85. The van der Waals surface area contributed by atoms with Gasteiger partial charge >= 0.3 is 0 Å². The van der Waals surface area contributed by atoms with Crippen molar-refractivity contribution < 1.29 is 23.3 Å². The van der Waals surface area contributed by atoms with Gasteiger partial charge in [-0.1, -0.05) is 6.92 Å². The highest BCUT2D eigenvalue weighted by Gasteiger charge is 2.30. The number of aromatic nitrogens is 3. The van der Waals surface area contributed by atoms with Gasteiger partial charge in [0, 0.05) is 43.3 Å². The van der Waals surface area contributed by atoms with Gasteiger partial charge in [-0.05, 0) is 38.3 Å². The average molecular weight is 514 g/mol. The zero-order chi connectivity index (χ0) is 26.2. The molecule has 2 N–H and O–H groups in total. The van der Waals surface area contributed by atoms with E-state index in [0.29, 0.717) is 33.7 Å². The van der Waals surface area contributed by atoms with Crippen LogP contribution in [-0.4, -0.2) is 46.9 Å². The summed E-state index contributed by atoms with van der Waals surface area (Å²) in [6.45, 7) is 5.01. The smallest absolute Gasteiger partial charge is 0.228 e. The number of nitrogens with one attached hydrogen (secondary N) is 2. The number of halogens is 1. The molecule has 36 heavy (non-hydrogen) atoms. The molecule has 0 radical (unpaired) electrons. The minimum absolute atomic E-state index is 0.0177. The fraction of sp³-hybridized carbons (Fsp3) is 0.360. The molecule has 1 fully saturated rings. The number of nitrogens with zero attached hydrogens (tertiary/aromatic N) is 3. The SMILES string of the molecule is CCC(=O)c1cnc(NC(=O)C2CC2)cc1Nc1cc(F)cc(-c2cc(P(C)(C)=O)n(C)n2)c1OC. The lowest BCUT2D eigenvalue weighted by Crippen LogP contribution is -2.15. The Labute approximate surface area is 208 Å². The Kier molecular flexibility index (Phi) is 7.00. The maximum atomic E-state index is 14.8. The normalized spacial score (nSPS) is 13.4. The fourth-order valence-electron chi connectivity index (χ4n) is 3.95. The molecule has 9 nitrogen and oxygen atoms in total. The van der Waals surface area contributed by atoms with Gasteiger partial charge in [0.05, 0.1) is 35.2 Å². The van der Waals surface area contributed by atoms with Crippen molar-refractivity contribution in [1.29, 1.82) is 0 Å². The number of pyridine rings is 1. The number of hydrogen-bond acceptors (Lipinski definition) is 7. The molecule has 4 rings (SSSR count). The zero-order valence-electron chi connectivity index (χ0n) is 20.9. The van der Waals surface area contributed by atoms with Gasteiger partial charge in [0.1, 0.15) is 18.8 Å². The molecule has 1 saturated carbocycles. The minimum atomic E-state index is -2.63. The molecule has 0 bridgehead atoms. The molecule has 0 unspecified atom stereocenters. The van der Waals surface area contributed by atoms with Crippen LogP contribution in [0.2, 0.25) is 0 Å². The van der Waals surface area contributed by atoms with E-state index in [4.69, 9.17) is 4.74 Å². The number of amides is 1. The number of methoxy groups -OCH3 is 1. The predicted octanol–water partition coefficient (Wildman–Crippen LogP) is 4.56. The summed E-state index contributed by atoms with van der Waals surface area (Å²) in [6, 6.07) is 5.75. The van der Waals surface area contributed by atoms with Crippen LogP contribution < -0.4 is 20.8 Å². The fourth-order valence-corrected chi connectivity index (χ4v) is 5.12. The lowest BCUT2D eigenvalue weighted by molar-refractivity contribution is -0.117. The number of hydrogen-bond donors (Lipinski definition) is 2. The van der Waals surface area contributed by atoms with Gasteiger partial charge in [0.2, 0.25) is 5.91 Å². The van der Waals surface area contributed by atoms with E-state index in [-0.39, 0.29) is 35.5 Å². The number of aryl methyl sites for hydroxylation is 1. The number of rotatable bonds is 9. The predicted molar refractivity (Wildman–Crippen MR) is 138 cm³/mol. The highest BCUT2D eigenvalue weighted by atomic mass is 31.2. The first kappa shape index (κ1) is 25.6. The largest absolute Gasteiger partial charge is 0.494 e. The quantitative estimate of drug-likeness (QED) is 0.318. The Bertz CT molecular complexity index is 1390. The topological polar surface area (TPSA) is 115 Å². The summed E-state index contributed by atoms with van der Waals surface area (Å²) in [4.78, 5) is 29.1. The third kappa shape index (κ3) is 5.33. The van der Waals surface area contributed by atoms with Crippen LogP contribution >= 0.6 is 7.14 Å². The summed E-state index contributed by atoms with van der Waals surface area (Å²) in [5.41, 5.74) is 2.20. The molecule has 1 aromatic carbocycles. The average Bonchev–Trinajstić information content (AvgIpc) is 3.59. The molecule has 0 spiro atoms. The zero-order valence-corrected chi connectivity index (χ0v) is 21.8. The second-order valence-electron chi connectivity index (χ2n) is 9.18. The van der Waals surface area contributed by atoms with Gasteiger partial charge in [-0.2, -0.15) is 5.10 Å². The van der Waals surface area contributed by atoms with Crippen molar-refractivity contribution in [2.75, 3.05) is 31.1 Å². The first-order valence-corrected chi connectivity index (χ1v) is 14.2. The molecule has 0 saturated heterocycles. The van der Waals surface area contributed by atoms with Gasteiger partial charge < -0.3 is 19.9 Å². The third-order valence-electron chi connectivity index (χ3n) is 5.93. The van der Waals surface area contributed by atoms with Crippen LogP contribution in [0, 0.1) is 11.7 Å². The van der Waals surface area contributed by atoms with E-state index in [1.165, 1.54) is 30.1 Å². The van der Waals surface area contributed by atoms with Crippen LogP contribution in [0.5, 0.6) is 5.75 Å². The number of benzene rings is 1. The van der Waals surface area contributed by atoms with E-state index in [1.807, 2.05) is 0 Å². The van der Waals surface area contributed by atoms with E-state index < -0.39 is 13.0 Å². The molecule has 190 valence electrons. The molecule has 1 amide bonds. The third-order valence-corrected chi connectivity index (χ3v) is 7.46. The highest BCUT2D eigenvalue weighted by molar-refractivity contribution is 7.69. The number of ether oxygens (including phenoxy) is 1. The highest BCUT2D eigenvalue weighted by Crippen LogP contribution is 2.41. The Hall–Kier alpha value is -3.52. The first-order chi connectivity index (χ1) is 17.0. The van der Waals surface area contributed by atoms with Crippen LogP contribution in [-0.2, 0) is 16.4 Å². The van der Waals surface area contributed by atoms with Gasteiger partial charge in [0.15, 0.2) is 11.5 Å². The minimum Gasteiger partial charge on any atom is -0.494 e. The van der Waals surface area contributed by atoms with Crippen molar-refractivity contribution in [3.05, 3.63) is 41.8 Å². The monoisotopic (exact) mass is 513 g/mol. The van der Waals surface area contributed by atoms with Crippen molar-refractivity contribution >= 4 is 41.5 Å². The van der Waals surface area contributed by atoms with Crippen molar-refractivity contribution in [3.63, 3.8) is 0 Å². The van der Waals surface area contributed by atoms with Crippen LogP contribution in [0.25, 0.3) is 11.3 Å². The summed E-state index contributed by atoms with van der Waals surface area (Å²) in [6.07, 6.45) is 3.32. The van der Waals surface area contributed by atoms with Crippen molar-refractivity contribution in [2.45, 2.75) is 26.2 Å². The maximum Gasteiger partial charge on any atom is 0.228 e. The standard InChI is InChI=1S/C25H29FN5O4P/c1-6-21(32)17-13-27-22(29-25(33)14-7-8-14)11-18(17)28-20-10-15(26)9-16(24(20)35-3)19-12-23(31(2)30-19)36(4,5)34/h9-14H,6-8H2,1-5H3,(H2,27,28,29,33). The van der Waals surface area contributed by atoms with Crippen LogP contribution in [0.3, 0.4) is 0 Å². The van der Waals surface area contributed by atoms with Crippen LogP contribution in [0.15, 0.2) is 30.5 Å². The Balaban J connectivity index is 1.78. The van der Waals surface area contributed by atoms with Gasteiger partial charge in [0.25, 0.3) is 0 Å². The Morgan fingerprint density at radius 1 is 1.19 bits per heavy atom. The van der Waals surface area contributed by atoms with Gasteiger partial charge in [-0.15, -0.1) is 0 Å². The summed E-state index contributed by atoms with van der Waals surface area (Å²) in [5, 5.41) is 10.3. The van der Waals surface area contributed by atoms with E-state index in [2.05, 4.69) is 20.7 Å². The summed E-state index contributed by atoms with van der Waals surface area (Å²) in [5.74, 6) is -0.292. The molecule has 1 aliphatic rings. The van der Waals surface area contributed by atoms with E-state index in [0.717, 1.165) is 12.8 Å². The number of anilines is 3. The summed E-state index contributed by atoms with van der Waals surface area (Å²) in [7, 11) is 0.500. The van der Waals surface area contributed by atoms with Gasteiger partial charge in [-0.3, -0.25) is 14.3 Å². The summed E-state index contributed by atoms with van der Waals surface area (Å²) >= 11 is 0. The molecule has 2 heterocycles.